The molecule has 6 nitrogen and oxygen atoms in total. The van der Waals surface area contributed by atoms with Gasteiger partial charge in [-0.15, -0.1) is 0 Å². The van der Waals surface area contributed by atoms with Crippen LogP contribution in [0.25, 0.3) is 11.0 Å². The molecular formula is C20H15F3N2O4. The third-order valence-corrected chi connectivity index (χ3v) is 4.11. The first-order chi connectivity index (χ1) is 13.7. The maximum Gasteiger partial charge on any atom is 0.418 e. The van der Waals surface area contributed by atoms with Gasteiger partial charge in [0.25, 0.3) is 5.91 Å². The first kappa shape index (κ1) is 20.1. The minimum absolute atomic E-state index is 0.283. The van der Waals surface area contributed by atoms with Crippen molar-refractivity contribution < 1.29 is 27.2 Å². The Morgan fingerprint density at radius 3 is 2.45 bits per heavy atom. The lowest BCUT2D eigenvalue weighted by Crippen LogP contribution is -2.37. The van der Waals surface area contributed by atoms with E-state index in [1.54, 1.807) is 24.3 Å². The van der Waals surface area contributed by atoms with Crippen molar-refractivity contribution in [2.24, 2.45) is 0 Å². The van der Waals surface area contributed by atoms with Gasteiger partial charge in [0.1, 0.15) is 11.1 Å². The summed E-state index contributed by atoms with van der Waals surface area (Å²) in [6.07, 6.45) is -4.64. The van der Waals surface area contributed by atoms with E-state index in [0.717, 1.165) is 17.0 Å². The van der Waals surface area contributed by atoms with E-state index in [0.29, 0.717) is 11.0 Å². The number of hydrogen-bond acceptors (Lipinski definition) is 4. The van der Waals surface area contributed by atoms with Crippen LogP contribution in [0.15, 0.2) is 63.8 Å². The molecule has 1 heterocycles. The molecule has 0 spiro atoms. The topological polar surface area (TPSA) is 79.6 Å². The summed E-state index contributed by atoms with van der Waals surface area (Å²) in [5, 5.41) is 2.66. The number of carbonyl (C=O) groups is 2. The second-order valence-electron chi connectivity index (χ2n) is 6.24. The highest BCUT2D eigenvalue weighted by atomic mass is 19.4. The zero-order chi connectivity index (χ0) is 21.2. The Kier molecular flexibility index (Phi) is 5.40. The van der Waals surface area contributed by atoms with Crippen LogP contribution >= 0.6 is 0 Å². The van der Waals surface area contributed by atoms with Crippen LogP contribution < -0.4 is 10.9 Å². The van der Waals surface area contributed by atoms with Crippen LogP contribution in [-0.4, -0.2) is 30.3 Å². The van der Waals surface area contributed by atoms with Crippen molar-refractivity contribution in [3.05, 3.63) is 76.1 Å². The molecule has 0 bridgehead atoms. The Balaban J connectivity index is 1.76. The third-order valence-electron chi connectivity index (χ3n) is 4.11. The monoisotopic (exact) mass is 404 g/mol. The van der Waals surface area contributed by atoms with Crippen molar-refractivity contribution >= 4 is 28.5 Å². The van der Waals surface area contributed by atoms with Gasteiger partial charge >= 0.3 is 11.8 Å². The van der Waals surface area contributed by atoms with Crippen LogP contribution in [0.5, 0.6) is 0 Å². The Bertz CT molecular complexity index is 1140. The predicted molar refractivity (Wildman–Crippen MR) is 99.5 cm³/mol. The summed E-state index contributed by atoms with van der Waals surface area (Å²) in [5.74, 6) is -1.63. The maximum absolute atomic E-state index is 13.0. The molecule has 0 aliphatic carbocycles. The number of para-hydroxylation sites is 2. The Morgan fingerprint density at radius 1 is 1.07 bits per heavy atom. The van der Waals surface area contributed by atoms with Crippen molar-refractivity contribution in [1.82, 2.24) is 4.90 Å². The van der Waals surface area contributed by atoms with Gasteiger partial charge in [0, 0.05) is 12.4 Å². The molecule has 3 rings (SSSR count). The van der Waals surface area contributed by atoms with E-state index in [1.807, 2.05) is 0 Å². The summed E-state index contributed by atoms with van der Waals surface area (Å²) >= 11 is 0. The van der Waals surface area contributed by atoms with Crippen LogP contribution in [0, 0.1) is 0 Å². The third kappa shape index (κ3) is 4.45. The van der Waals surface area contributed by atoms with Gasteiger partial charge in [0.15, 0.2) is 0 Å². The lowest BCUT2D eigenvalue weighted by Gasteiger charge is -2.18. The van der Waals surface area contributed by atoms with Gasteiger partial charge in [0.2, 0.25) is 5.91 Å². The highest BCUT2D eigenvalue weighted by Crippen LogP contribution is 2.34. The van der Waals surface area contributed by atoms with Crippen LogP contribution in [0.2, 0.25) is 0 Å². The maximum atomic E-state index is 13.0. The number of amides is 2. The van der Waals surface area contributed by atoms with Gasteiger partial charge < -0.3 is 14.6 Å². The van der Waals surface area contributed by atoms with Gasteiger partial charge in [-0.05, 0) is 24.3 Å². The van der Waals surface area contributed by atoms with Crippen LogP contribution in [-0.2, 0) is 11.0 Å². The number of likely N-dealkylation sites (N-methyl/N-ethyl adjacent to an activating group) is 1. The molecule has 0 radical (unpaired) electrons. The molecule has 0 fully saturated rings. The summed E-state index contributed by atoms with van der Waals surface area (Å²) in [6, 6.07) is 12.4. The molecular weight excluding hydrogens is 389 g/mol. The number of rotatable bonds is 4. The summed E-state index contributed by atoms with van der Waals surface area (Å²) < 4.78 is 44.2. The SMILES string of the molecule is CN(CC(=O)Nc1ccccc1C(F)(F)F)C(=O)c1cc2ccccc2oc1=O. The van der Waals surface area contributed by atoms with E-state index < -0.39 is 41.4 Å². The van der Waals surface area contributed by atoms with Gasteiger partial charge in [-0.3, -0.25) is 9.59 Å². The molecule has 0 aliphatic rings. The van der Waals surface area contributed by atoms with Gasteiger partial charge in [-0.1, -0.05) is 30.3 Å². The van der Waals surface area contributed by atoms with E-state index in [2.05, 4.69) is 5.32 Å². The minimum Gasteiger partial charge on any atom is -0.422 e. The smallest absolute Gasteiger partial charge is 0.418 e. The quantitative estimate of drug-likeness (QED) is 0.675. The summed E-state index contributed by atoms with van der Waals surface area (Å²) in [6.45, 7) is -0.558. The molecule has 0 saturated carbocycles. The van der Waals surface area contributed by atoms with Crippen molar-refractivity contribution in [1.29, 1.82) is 0 Å². The standard InChI is InChI=1S/C20H15F3N2O4/c1-25(11-17(26)24-15-8-4-3-7-14(15)20(21,22)23)18(27)13-10-12-6-2-5-9-16(12)29-19(13)28/h2-10H,11H2,1H3,(H,24,26). The highest BCUT2D eigenvalue weighted by molar-refractivity contribution is 6.00. The van der Waals surface area contributed by atoms with E-state index in [-0.39, 0.29) is 5.56 Å². The Morgan fingerprint density at radius 2 is 1.72 bits per heavy atom. The average molecular weight is 404 g/mol. The van der Waals surface area contributed by atoms with Crippen LogP contribution in [0.3, 0.4) is 0 Å². The van der Waals surface area contributed by atoms with Crippen molar-refractivity contribution in [2.75, 3.05) is 18.9 Å². The van der Waals surface area contributed by atoms with Gasteiger partial charge in [0.05, 0.1) is 17.8 Å². The van der Waals surface area contributed by atoms with E-state index in [1.165, 1.54) is 25.2 Å². The number of carbonyl (C=O) groups excluding carboxylic acids is 2. The molecule has 0 aliphatic heterocycles. The molecule has 1 aromatic heterocycles. The van der Waals surface area contributed by atoms with Crippen LogP contribution in [0.1, 0.15) is 15.9 Å². The normalized spacial score (nSPS) is 11.3. The van der Waals surface area contributed by atoms with Crippen molar-refractivity contribution in [2.45, 2.75) is 6.18 Å². The largest absolute Gasteiger partial charge is 0.422 e. The molecule has 0 unspecified atom stereocenters. The molecule has 3 aromatic rings. The number of hydrogen-bond donors (Lipinski definition) is 1. The number of nitrogens with one attached hydrogen (secondary N) is 1. The molecule has 0 atom stereocenters. The Hall–Kier alpha value is -3.62. The van der Waals surface area contributed by atoms with Crippen molar-refractivity contribution in [3.8, 4) is 0 Å². The fourth-order valence-corrected chi connectivity index (χ4v) is 2.73. The second-order valence-corrected chi connectivity index (χ2v) is 6.24. The summed E-state index contributed by atoms with van der Waals surface area (Å²) in [4.78, 5) is 37.7. The fourth-order valence-electron chi connectivity index (χ4n) is 2.73. The lowest BCUT2D eigenvalue weighted by atomic mass is 10.1. The van der Waals surface area contributed by atoms with Gasteiger partial charge in [-0.2, -0.15) is 13.2 Å². The number of anilines is 1. The van der Waals surface area contributed by atoms with E-state index in [4.69, 9.17) is 4.42 Å². The number of nitrogens with zero attached hydrogens (tertiary/aromatic N) is 1. The first-order valence-corrected chi connectivity index (χ1v) is 8.41. The molecule has 2 amide bonds. The van der Waals surface area contributed by atoms with Crippen LogP contribution in [0.4, 0.5) is 18.9 Å². The Labute approximate surface area is 162 Å². The number of fused-ring (bicyclic) bond motifs is 1. The molecule has 150 valence electrons. The lowest BCUT2D eigenvalue weighted by molar-refractivity contribution is -0.137. The van der Waals surface area contributed by atoms with E-state index >= 15 is 0 Å². The first-order valence-electron chi connectivity index (χ1n) is 8.41. The highest BCUT2D eigenvalue weighted by Gasteiger charge is 2.33. The second kappa shape index (κ2) is 7.78. The molecule has 0 saturated heterocycles. The molecule has 2 aromatic carbocycles. The predicted octanol–water partition coefficient (Wildman–Crippen LogP) is 3.52. The van der Waals surface area contributed by atoms with E-state index in [9.17, 15) is 27.6 Å². The number of halogens is 3. The fraction of sp³-hybridized carbons (Fsp3) is 0.150. The minimum atomic E-state index is -4.64. The molecule has 1 N–H and O–H groups in total. The number of benzene rings is 2. The molecule has 29 heavy (non-hydrogen) atoms. The zero-order valence-electron chi connectivity index (χ0n) is 15.1. The summed E-state index contributed by atoms with van der Waals surface area (Å²) in [7, 11) is 1.26. The zero-order valence-corrected chi connectivity index (χ0v) is 15.1. The summed E-state index contributed by atoms with van der Waals surface area (Å²) in [5.41, 5.74) is -2.27. The molecule has 9 heteroatoms. The number of alkyl halides is 3. The van der Waals surface area contributed by atoms with Gasteiger partial charge in [-0.25, -0.2) is 4.79 Å². The van der Waals surface area contributed by atoms with Crippen molar-refractivity contribution in [3.63, 3.8) is 0 Å². The average Bonchev–Trinajstić information content (AvgIpc) is 2.66.